The second kappa shape index (κ2) is 9.14. The smallest absolute Gasteiger partial charge is 0.338 e. The molecular weight excluding hydrogens is 448 g/mol. The summed E-state index contributed by atoms with van der Waals surface area (Å²) in [5.74, 6) is 0.136. The van der Waals surface area contributed by atoms with Gasteiger partial charge in [0.1, 0.15) is 5.75 Å². The van der Waals surface area contributed by atoms with Gasteiger partial charge >= 0.3 is 5.97 Å². The Labute approximate surface area is 193 Å². The minimum absolute atomic E-state index is 0.224. The van der Waals surface area contributed by atoms with Crippen LogP contribution in [0.1, 0.15) is 31.0 Å². The van der Waals surface area contributed by atoms with E-state index in [0.717, 1.165) is 11.1 Å². The molecule has 0 N–H and O–H groups in total. The van der Waals surface area contributed by atoms with Gasteiger partial charge in [0, 0.05) is 5.02 Å². The molecule has 0 saturated carbocycles. The molecule has 1 unspecified atom stereocenters. The van der Waals surface area contributed by atoms with Crippen LogP contribution in [0, 0.1) is 0 Å². The number of rotatable bonds is 5. The number of thiazole rings is 1. The van der Waals surface area contributed by atoms with Gasteiger partial charge in [0.2, 0.25) is 0 Å². The largest absolute Gasteiger partial charge is 0.497 e. The van der Waals surface area contributed by atoms with Crippen molar-refractivity contribution in [3.63, 3.8) is 0 Å². The van der Waals surface area contributed by atoms with Crippen molar-refractivity contribution < 1.29 is 14.3 Å². The Kier molecular flexibility index (Phi) is 6.30. The van der Waals surface area contributed by atoms with E-state index in [1.165, 1.54) is 11.3 Å². The first-order chi connectivity index (χ1) is 15.4. The quantitative estimate of drug-likeness (QED) is 0.538. The van der Waals surface area contributed by atoms with Crippen LogP contribution in [-0.4, -0.2) is 24.3 Å². The molecule has 0 spiro atoms. The van der Waals surface area contributed by atoms with Crippen LogP contribution >= 0.6 is 22.9 Å². The molecule has 1 aromatic heterocycles. The van der Waals surface area contributed by atoms with Crippen molar-refractivity contribution in [2.75, 3.05) is 13.7 Å². The maximum atomic E-state index is 13.5. The lowest BCUT2D eigenvalue weighted by Gasteiger charge is -2.25. The first-order valence-electron chi connectivity index (χ1n) is 10.0. The molecule has 0 fully saturated rings. The van der Waals surface area contributed by atoms with E-state index >= 15 is 0 Å². The van der Waals surface area contributed by atoms with Crippen LogP contribution in [-0.2, 0) is 9.53 Å². The molecule has 1 aliphatic heterocycles. The summed E-state index contributed by atoms with van der Waals surface area (Å²) in [6.07, 6.45) is 1.80. The van der Waals surface area contributed by atoms with Gasteiger partial charge in [-0.1, -0.05) is 47.2 Å². The summed E-state index contributed by atoms with van der Waals surface area (Å²) >= 11 is 7.25. The summed E-state index contributed by atoms with van der Waals surface area (Å²) in [4.78, 5) is 31.5. The fourth-order valence-electron chi connectivity index (χ4n) is 3.63. The zero-order chi connectivity index (χ0) is 22.8. The highest BCUT2D eigenvalue weighted by atomic mass is 35.5. The van der Waals surface area contributed by atoms with Gasteiger partial charge in [-0.15, -0.1) is 0 Å². The summed E-state index contributed by atoms with van der Waals surface area (Å²) in [5.41, 5.74) is 2.21. The molecule has 164 valence electrons. The minimum atomic E-state index is -0.673. The van der Waals surface area contributed by atoms with Gasteiger partial charge in [-0.05, 0) is 55.3 Å². The average molecular weight is 469 g/mol. The topological polar surface area (TPSA) is 69.9 Å². The Morgan fingerprint density at radius 3 is 2.69 bits per heavy atom. The number of carbonyl (C=O) groups is 1. The molecule has 32 heavy (non-hydrogen) atoms. The molecule has 6 nitrogen and oxygen atoms in total. The summed E-state index contributed by atoms with van der Waals surface area (Å²) in [7, 11) is 1.57. The molecule has 2 aromatic carbocycles. The highest BCUT2D eigenvalue weighted by molar-refractivity contribution is 7.07. The molecule has 3 aromatic rings. The zero-order valence-corrected chi connectivity index (χ0v) is 19.4. The van der Waals surface area contributed by atoms with E-state index in [-0.39, 0.29) is 12.2 Å². The third kappa shape index (κ3) is 4.13. The van der Waals surface area contributed by atoms with Crippen molar-refractivity contribution >= 4 is 35.0 Å². The molecular formula is C24H21ClN2O4S. The molecule has 1 aliphatic rings. The van der Waals surface area contributed by atoms with Gasteiger partial charge in [-0.3, -0.25) is 9.36 Å². The minimum Gasteiger partial charge on any atom is -0.497 e. The van der Waals surface area contributed by atoms with Crippen molar-refractivity contribution in [2.24, 2.45) is 4.99 Å². The van der Waals surface area contributed by atoms with Gasteiger partial charge in [0.05, 0.1) is 35.6 Å². The molecule has 4 rings (SSSR count). The zero-order valence-electron chi connectivity index (χ0n) is 17.8. The van der Waals surface area contributed by atoms with Gasteiger partial charge in [-0.2, -0.15) is 0 Å². The number of hydrogen-bond donors (Lipinski definition) is 0. The standard InChI is InChI=1S/C24H21ClN2O4S/c1-4-31-23(29)20-14(2)26-24-27(21(20)16-6-5-7-18(13-16)30-3)22(28)19(32-24)12-15-8-10-17(25)11-9-15/h5-13,21H,4H2,1-3H3/b19-12-. The molecule has 1 atom stereocenters. The molecule has 0 aliphatic carbocycles. The second-order valence-corrected chi connectivity index (χ2v) is 8.58. The molecule has 8 heteroatoms. The number of hydrogen-bond acceptors (Lipinski definition) is 6. The lowest BCUT2D eigenvalue weighted by molar-refractivity contribution is -0.139. The van der Waals surface area contributed by atoms with E-state index in [9.17, 15) is 9.59 Å². The number of benzene rings is 2. The number of allylic oxidation sites excluding steroid dienone is 1. The van der Waals surface area contributed by atoms with E-state index in [4.69, 9.17) is 21.1 Å². The number of aromatic nitrogens is 1. The van der Waals surface area contributed by atoms with Crippen LogP contribution < -0.4 is 19.6 Å². The lowest BCUT2D eigenvalue weighted by atomic mass is 9.95. The third-order valence-electron chi connectivity index (χ3n) is 5.09. The highest BCUT2D eigenvalue weighted by Gasteiger charge is 2.33. The van der Waals surface area contributed by atoms with Crippen LogP contribution in [0.5, 0.6) is 5.75 Å². The van der Waals surface area contributed by atoms with Crippen LogP contribution in [0.4, 0.5) is 0 Å². The maximum absolute atomic E-state index is 13.5. The van der Waals surface area contributed by atoms with Crippen LogP contribution in [0.15, 0.2) is 69.6 Å². The predicted molar refractivity (Wildman–Crippen MR) is 125 cm³/mol. The van der Waals surface area contributed by atoms with E-state index in [0.29, 0.717) is 31.4 Å². The second-order valence-electron chi connectivity index (χ2n) is 7.13. The fraction of sp³-hybridized carbons (Fsp3) is 0.208. The third-order valence-corrected chi connectivity index (χ3v) is 6.33. The van der Waals surface area contributed by atoms with E-state index in [2.05, 4.69) is 4.99 Å². The van der Waals surface area contributed by atoms with Crippen molar-refractivity contribution in [3.8, 4) is 5.75 Å². The summed E-state index contributed by atoms with van der Waals surface area (Å²) < 4.78 is 12.7. The SMILES string of the molecule is CCOC(=O)C1=C(C)N=c2s/c(=C\c3ccc(Cl)cc3)c(=O)n2C1c1cccc(OC)c1. The van der Waals surface area contributed by atoms with Crippen molar-refractivity contribution in [1.29, 1.82) is 0 Å². The summed E-state index contributed by atoms with van der Waals surface area (Å²) in [6.45, 7) is 3.73. The first-order valence-corrected chi connectivity index (χ1v) is 11.2. The van der Waals surface area contributed by atoms with Crippen molar-refractivity contribution in [3.05, 3.63) is 95.6 Å². The van der Waals surface area contributed by atoms with E-state index in [1.54, 1.807) is 43.7 Å². The number of esters is 1. The average Bonchev–Trinajstić information content (AvgIpc) is 3.09. The molecule has 0 saturated heterocycles. The molecule has 0 radical (unpaired) electrons. The Morgan fingerprint density at radius 2 is 2.00 bits per heavy atom. The van der Waals surface area contributed by atoms with E-state index < -0.39 is 12.0 Å². The summed E-state index contributed by atoms with van der Waals surface area (Å²) in [5, 5.41) is 0.622. The lowest BCUT2D eigenvalue weighted by Crippen LogP contribution is -2.39. The van der Waals surface area contributed by atoms with Gasteiger partial charge < -0.3 is 9.47 Å². The highest BCUT2D eigenvalue weighted by Crippen LogP contribution is 2.32. The molecule has 2 heterocycles. The number of halogens is 1. The molecule has 0 bridgehead atoms. The Hall–Kier alpha value is -3.16. The van der Waals surface area contributed by atoms with Crippen LogP contribution in [0.25, 0.3) is 6.08 Å². The van der Waals surface area contributed by atoms with Gasteiger partial charge in [0.15, 0.2) is 4.80 Å². The number of carbonyl (C=O) groups excluding carboxylic acids is 1. The van der Waals surface area contributed by atoms with Crippen molar-refractivity contribution in [1.82, 2.24) is 4.57 Å². The first kappa shape index (κ1) is 22.0. The van der Waals surface area contributed by atoms with Crippen LogP contribution in [0.3, 0.4) is 0 Å². The monoisotopic (exact) mass is 468 g/mol. The van der Waals surface area contributed by atoms with E-state index in [1.807, 2.05) is 36.4 Å². The Morgan fingerprint density at radius 1 is 1.25 bits per heavy atom. The predicted octanol–water partition coefficient (Wildman–Crippen LogP) is 3.46. The normalized spacial score (nSPS) is 15.9. The maximum Gasteiger partial charge on any atom is 0.338 e. The van der Waals surface area contributed by atoms with Gasteiger partial charge in [-0.25, -0.2) is 9.79 Å². The summed E-state index contributed by atoms with van der Waals surface area (Å²) in [6, 6.07) is 13.9. The number of ether oxygens (including phenoxy) is 2. The fourth-order valence-corrected chi connectivity index (χ4v) is 4.80. The van der Waals surface area contributed by atoms with Crippen molar-refractivity contribution in [2.45, 2.75) is 19.9 Å². The number of fused-ring (bicyclic) bond motifs is 1. The Balaban J connectivity index is 1.96. The number of nitrogens with zero attached hydrogens (tertiary/aromatic N) is 2. The van der Waals surface area contributed by atoms with Crippen LogP contribution in [0.2, 0.25) is 5.02 Å². The number of methoxy groups -OCH3 is 1. The van der Waals surface area contributed by atoms with Gasteiger partial charge in [0.25, 0.3) is 5.56 Å². The molecule has 0 amide bonds. The Bertz CT molecular complexity index is 1390.